The molecule has 0 bridgehead atoms. The SMILES string of the molecule is CC(C)[C@@H](NCc1cc(=O)n2ccccc2n1)c1ccc(F)cc1. The molecule has 2 heterocycles. The van der Waals surface area contributed by atoms with Crippen molar-refractivity contribution < 1.29 is 4.39 Å². The number of nitrogens with zero attached hydrogens (tertiary/aromatic N) is 2. The van der Waals surface area contributed by atoms with Crippen molar-refractivity contribution >= 4 is 5.65 Å². The highest BCUT2D eigenvalue weighted by atomic mass is 19.1. The van der Waals surface area contributed by atoms with Gasteiger partial charge < -0.3 is 5.32 Å². The summed E-state index contributed by atoms with van der Waals surface area (Å²) in [5.74, 6) is 0.0717. The number of hydrogen-bond acceptors (Lipinski definition) is 3. The fourth-order valence-corrected chi connectivity index (χ4v) is 2.82. The Morgan fingerprint density at radius 1 is 1.17 bits per heavy atom. The normalized spacial score (nSPS) is 12.7. The summed E-state index contributed by atoms with van der Waals surface area (Å²) >= 11 is 0. The van der Waals surface area contributed by atoms with Crippen LogP contribution >= 0.6 is 0 Å². The van der Waals surface area contributed by atoms with Crippen molar-refractivity contribution in [2.24, 2.45) is 5.92 Å². The molecule has 1 aromatic carbocycles. The highest BCUT2D eigenvalue weighted by molar-refractivity contribution is 5.38. The van der Waals surface area contributed by atoms with Crippen LogP contribution in [-0.4, -0.2) is 9.38 Å². The lowest BCUT2D eigenvalue weighted by molar-refractivity contribution is 0.408. The predicted molar refractivity (Wildman–Crippen MR) is 92.3 cm³/mol. The molecule has 3 aromatic rings. The monoisotopic (exact) mass is 325 g/mol. The van der Waals surface area contributed by atoms with Crippen molar-refractivity contribution in [3.05, 3.63) is 82.2 Å². The topological polar surface area (TPSA) is 46.4 Å². The molecule has 1 N–H and O–H groups in total. The third kappa shape index (κ3) is 3.51. The molecule has 0 spiro atoms. The Labute approximate surface area is 140 Å². The number of pyridine rings is 1. The number of aromatic nitrogens is 2. The molecule has 124 valence electrons. The van der Waals surface area contributed by atoms with E-state index in [0.717, 1.165) is 5.56 Å². The first-order valence-electron chi connectivity index (χ1n) is 8.01. The average Bonchev–Trinajstić information content (AvgIpc) is 2.56. The Morgan fingerprint density at radius 3 is 2.62 bits per heavy atom. The zero-order chi connectivity index (χ0) is 17.1. The Morgan fingerprint density at radius 2 is 1.92 bits per heavy atom. The number of halogens is 1. The van der Waals surface area contributed by atoms with E-state index in [4.69, 9.17) is 0 Å². The van der Waals surface area contributed by atoms with Gasteiger partial charge in [-0.05, 0) is 35.7 Å². The molecule has 0 unspecified atom stereocenters. The van der Waals surface area contributed by atoms with Gasteiger partial charge in [-0.2, -0.15) is 0 Å². The van der Waals surface area contributed by atoms with Crippen molar-refractivity contribution in [2.75, 3.05) is 0 Å². The number of benzene rings is 1. The first-order chi connectivity index (χ1) is 11.5. The molecule has 0 saturated heterocycles. The minimum absolute atomic E-state index is 0.0571. The van der Waals surface area contributed by atoms with Crippen LogP contribution in [0, 0.1) is 11.7 Å². The maximum absolute atomic E-state index is 13.1. The number of hydrogen-bond donors (Lipinski definition) is 1. The summed E-state index contributed by atoms with van der Waals surface area (Å²) in [5, 5.41) is 3.43. The van der Waals surface area contributed by atoms with Gasteiger partial charge in [0, 0.05) is 24.8 Å². The molecular weight excluding hydrogens is 305 g/mol. The van der Waals surface area contributed by atoms with Crippen LogP contribution in [0.25, 0.3) is 5.65 Å². The summed E-state index contributed by atoms with van der Waals surface area (Å²) in [6.07, 6.45) is 1.71. The van der Waals surface area contributed by atoms with Crippen molar-refractivity contribution in [1.82, 2.24) is 14.7 Å². The standard InChI is InChI=1S/C19H20FN3O/c1-13(2)19(14-6-8-15(20)9-7-14)21-12-16-11-18(24)23-10-4-3-5-17(23)22-16/h3-11,13,19,21H,12H2,1-2H3/t19-/m1/s1. The van der Waals surface area contributed by atoms with Crippen LogP contribution in [0.1, 0.15) is 31.1 Å². The van der Waals surface area contributed by atoms with Crippen LogP contribution < -0.4 is 10.9 Å². The molecule has 4 nitrogen and oxygen atoms in total. The second-order valence-corrected chi connectivity index (χ2v) is 6.17. The summed E-state index contributed by atoms with van der Waals surface area (Å²) in [5.41, 5.74) is 2.24. The molecule has 5 heteroatoms. The summed E-state index contributed by atoms with van der Waals surface area (Å²) < 4.78 is 14.6. The molecule has 3 rings (SSSR count). The predicted octanol–water partition coefficient (Wildman–Crippen LogP) is 3.32. The van der Waals surface area contributed by atoms with Gasteiger partial charge in [0.1, 0.15) is 11.5 Å². The van der Waals surface area contributed by atoms with E-state index >= 15 is 0 Å². The van der Waals surface area contributed by atoms with Gasteiger partial charge in [-0.1, -0.05) is 32.0 Å². The third-order valence-electron chi connectivity index (χ3n) is 4.02. The Kier molecular flexibility index (Phi) is 4.71. The maximum atomic E-state index is 13.1. The molecule has 2 aromatic heterocycles. The highest BCUT2D eigenvalue weighted by Gasteiger charge is 2.16. The Bertz CT molecular complexity index is 887. The van der Waals surface area contributed by atoms with Gasteiger partial charge >= 0.3 is 0 Å². The van der Waals surface area contributed by atoms with E-state index in [2.05, 4.69) is 24.1 Å². The molecule has 0 saturated carbocycles. The van der Waals surface area contributed by atoms with Gasteiger partial charge in [-0.25, -0.2) is 9.37 Å². The van der Waals surface area contributed by atoms with Crippen molar-refractivity contribution in [3.63, 3.8) is 0 Å². The van der Waals surface area contributed by atoms with E-state index in [1.165, 1.54) is 16.5 Å². The quantitative estimate of drug-likeness (QED) is 0.783. The first kappa shape index (κ1) is 16.3. The molecule has 1 atom stereocenters. The smallest absolute Gasteiger partial charge is 0.258 e. The van der Waals surface area contributed by atoms with Gasteiger partial charge in [0.25, 0.3) is 5.56 Å². The van der Waals surface area contributed by atoms with E-state index in [9.17, 15) is 9.18 Å². The van der Waals surface area contributed by atoms with Crippen molar-refractivity contribution in [2.45, 2.75) is 26.4 Å². The second kappa shape index (κ2) is 6.93. The number of rotatable bonds is 5. The van der Waals surface area contributed by atoms with E-state index < -0.39 is 0 Å². The molecule has 0 fully saturated rings. The molecule has 0 aliphatic carbocycles. The summed E-state index contributed by atoms with van der Waals surface area (Å²) in [4.78, 5) is 16.7. The van der Waals surface area contributed by atoms with Crippen molar-refractivity contribution in [3.8, 4) is 0 Å². The molecule has 0 amide bonds. The van der Waals surface area contributed by atoms with Crippen molar-refractivity contribution in [1.29, 1.82) is 0 Å². The van der Waals surface area contributed by atoms with Crippen LogP contribution in [0.5, 0.6) is 0 Å². The lowest BCUT2D eigenvalue weighted by atomic mass is 9.96. The second-order valence-electron chi connectivity index (χ2n) is 6.17. The van der Waals surface area contributed by atoms with E-state index in [1.54, 1.807) is 30.5 Å². The first-order valence-corrected chi connectivity index (χ1v) is 8.01. The molecule has 24 heavy (non-hydrogen) atoms. The maximum Gasteiger partial charge on any atom is 0.258 e. The third-order valence-corrected chi connectivity index (χ3v) is 4.02. The summed E-state index contributed by atoms with van der Waals surface area (Å²) in [6.45, 7) is 4.67. The fourth-order valence-electron chi connectivity index (χ4n) is 2.82. The van der Waals surface area contributed by atoms with Crippen LogP contribution in [0.2, 0.25) is 0 Å². The highest BCUT2D eigenvalue weighted by Crippen LogP contribution is 2.22. The Balaban J connectivity index is 1.82. The number of fused-ring (bicyclic) bond motifs is 1. The minimum Gasteiger partial charge on any atom is -0.304 e. The molecule has 0 aliphatic heterocycles. The molecular formula is C19H20FN3O. The lowest BCUT2D eigenvalue weighted by Crippen LogP contribution is -2.27. The van der Waals surface area contributed by atoms with E-state index in [1.807, 2.05) is 12.1 Å². The van der Waals surface area contributed by atoms with Crippen LogP contribution in [0.3, 0.4) is 0 Å². The average molecular weight is 325 g/mol. The summed E-state index contributed by atoms with van der Waals surface area (Å²) in [7, 11) is 0. The minimum atomic E-state index is -0.245. The molecule has 0 radical (unpaired) electrons. The van der Waals surface area contributed by atoms with Crippen LogP contribution in [-0.2, 0) is 6.54 Å². The number of nitrogens with one attached hydrogen (secondary N) is 1. The molecule has 0 aliphatic rings. The van der Waals surface area contributed by atoms with Crippen LogP contribution in [0.4, 0.5) is 4.39 Å². The largest absolute Gasteiger partial charge is 0.304 e. The zero-order valence-electron chi connectivity index (χ0n) is 13.7. The Hall–Kier alpha value is -2.53. The summed E-state index contributed by atoms with van der Waals surface area (Å²) in [6, 6.07) is 13.6. The zero-order valence-corrected chi connectivity index (χ0v) is 13.7. The van der Waals surface area contributed by atoms with Gasteiger partial charge in [-0.15, -0.1) is 0 Å². The van der Waals surface area contributed by atoms with E-state index in [-0.39, 0.29) is 17.4 Å². The lowest BCUT2D eigenvalue weighted by Gasteiger charge is -2.23. The van der Waals surface area contributed by atoms with Gasteiger partial charge in [0.2, 0.25) is 0 Å². The van der Waals surface area contributed by atoms with Gasteiger partial charge in [-0.3, -0.25) is 9.20 Å². The fraction of sp³-hybridized carbons (Fsp3) is 0.263. The van der Waals surface area contributed by atoms with Gasteiger partial charge in [0.15, 0.2) is 0 Å². The van der Waals surface area contributed by atoms with Crippen LogP contribution in [0.15, 0.2) is 59.5 Å². The van der Waals surface area contributed by atoms with Gasteiger partial charge in [0.05, 0.1) is 5.69 Å². The van der Waals surface area contributed by atoms with E-state index in [0.29, 0.717) is 23.8 Å².